The second-order valence-corrected chi connectivity index (χ2v) is 4.90. The van der Waals surface area contributed by atoms with Gasteiger partial charge in [-0.2, -0.15) is 5.26 Å². The number of nitrogens with zero attached hydrogens (tertiary/aromatic N) is 2. The van der Waals surface area contributed by atoms with Gasteiger partial charge in [0.15, 0.2) is 0 Å². The number of benzene rings is 1. The molecule has 0 atom stereocenters. The molecule has 0 unspecified atom stereocenters. The minimum absolute atomic E-state index is 0.821. The van der Waals surface area contributed by atoms with Crippen LogP contribution in [0.2, 0.25) is 0 Å². The highest BCUT2D eigenvalue weighted by molar-refractivity contribution is 7.98. The highest BCUT2D eigenvalue weighted by Gasteiger charge is 2.15. The molecule has 0 saturated carbocycles. The third kappa shape index (κ3) is 2.74. The summed E-state index contributed by atoms with van der Waals surface area (Å²) in [6, 6.07) is 8.47. The molecule has 1 fully saturated rings. The van der Waals surface area contributed by atoms with E-state index in [0.29, 0.717) is 0 Å². The fourth-order valence-corrected chi connectivity index (χ4v) is 2.72. The molecule has 1 heterocycles. The van der Waals surface area contributed by atoms with Gasteiger partial charge in [-0.3, -0.25) is 0 Å². The van der Waals surface area contributed by atoms with Crippen LogP contribution in [-0.4, -0.2) is 32.4 Å². The highest BCUT2D eigenvalue weighted by Crippen LogP contribution is 2.29. The summed E-state index contributed by atoms with van der Waals surface area (Å²) >= 11 is 1.64. The van der Waals surface area contributed by atoms with Crippen molar-refractivity contribution in [2.45, 2.75) is 11.3 Å². The molecule has 3 nitrogen and oxygen atoms in total. The average molecular weight is 247 g/mol. The van der Waals surface area contributed by atoms with E-state index in [-0.39, 0.29) is 0 Å². The Bertz CT molecular complexity index is 417. The highest BCUT2D eigenvalue weighted by atomic mass is 32.2. The summed E-state index contributed by atoms with van der Waals surface area (Å²) in [5.41, 5.74) is 1.91. The zero-order chi connectivity index (χ0) is 12.1. The average Bonchev–Trinajstić information content (AvgIpc) is 2.66. The smallest absolute Gasteiger partial charge is 0.103 e. The Morgan fingerprint density at radius 2 is 2.24 bits per heavy atom. The third-order valence-electron chi connectivity index (χ3n) is 3.02. The number of thioether (sulfide) groups is 1. The molecule has 1 aromatic rings. The minimum Gasteiger partial charge on any atom is -0.369 e. The van der Waals surface area contributed by atoms with Crippen molar-refractivity contribution in [1.29, 1.82) is 5.26 Å². The molecule has 0 bridgehead atoms. The van der Waals surface area contributed by atoms with E-state index < -0.39 is 0 Å². The second kappa shape index (κ2) is 5.95. The van der Waals surface area contributed by atoms with Crippen LogP contribution in [0.25, 0.3) is 0 Å². The van der Waals surface area contributed by atoms with Crippen molar-refractivity contribution in [2.24, 2.45) is 0 Å². The number of nitrogens with one attached hydrogen (secondary N) is 1. The molecule has 17 heavy (non-hydrogen) atoms. The summed E-state index contributed by atoms with van der Waals surface area (Å²) in [6.07, 6.45) is 3.15. The van der Waals surface area contributed by atoms with Gasteiger partial charge < -0.3 is 10.2 Å². The van der Waals surface area contributed by atoms with Crippen LogP contribution in [0.4, 0.5) is 5.69 Å². The number of rotatable bonds is 2. The van der Waals surface area contributed by atoms with E-state index >= 15 is 0 Å². The van der Waals surface area contributed by atoms with Crippen LogP contribution in [-0.2, 0) is 0 Å². The van der Waals surface area contributed by atoms with Gasteiger partial charge >= 0.3 is 0 Å². The first-order chi connectivity index (χ1) is 8.36. The van der Waals surface area contributed by atoms with Gasteiger partial charge in [0.1, 0.15) is 6.07 Å². The molecule has 0 radical (unpaired) electrons. The molecule has 4 heteroatoms. The molecule has 0 spiro atoms. The lowest BCUT2D eigenvalue weighted by molar-refractivity contribution is 0.724. The lowest BCUT2D eigenvalue weighted by Crippen LogP contribution is -2.28. The zero-order valence-electron chi connectivity index (χ0n) is 10.1. The lowest BCUT2D eigenvalue weighted by Gasteiger charge is -2.24. The van der Waals surface area contributed by atoms with Crippen LogP contribution in [0.5, 0.6) is 0 Å². The van der Waals surface area contributed by atoms with E-state index in [0.717, 1.165) is 48.7 Å². The molecule has 1 saturated heterocycles. The Kier molecular flexibility index (Phi) is 4.29. The van der Waals surface area contributed by atoms with Crippen LogP contribution < -0.4 is 10.2 Å². The minimum atomic E-state index is 0.821. The molecule has 1 N–H and O–H groups in total. The van der Waals surface area contributed by atoms with Gasteiger partial charge in [-0.25, -0.2) is 0 Å². The summed E-state index contributed by atoms with van der Waals surface area (Å²) in [5.74, 6) is 0. The van der Waals surface area contributed by atoms with E-state index in [1.807, 2.05) is 18.4 Å². The summed E-state index contributed by atoms with van der Waals surface area (Å²) in [7, 11) is 0. The number of hydrogen-bond acceptors (Lipinski definition) is 4. The van der Waals surface area contributed by atoms with Gasteiger partial charge in [0.25, 0.3) is 0 Å². The van der Waals surface area contributed by atoms with Gasteiger partial charge in [0.2, 0.25) is 0 Å². The standard InChI is InChI=1S/C13H17N3S/c1-17-13-5-2-4-12(11(13)10-14)16-8-3-6-15-7-9-16/h2,4-5,15H,3,6-9H2,1H3. The monoisotopic (exact) mass is 247 g/mol. The second-order valence-electron chi connectivity index (χ2n) is 4.06. The summed E-state index contributed by atoms with van der Waals surface area (Å²) in [5, 5.41) is 12.7. The van der Waals surface area contributed by atoms with Gasteiger partial charge in [-0.15, -0.1) is 11.8 Å². The largest absolute Gasteiger partial charge is 0.369 e. The Morgan fingerprint density at radius 1 is 1.35 bits per heavy atom. The molecular weight excluding hydrogens is 230 g/mol. The van der Waals surface area contributed by atoms with Crippen LogP contribution in [0.15, 0.2) is 23.1 Å². The fourth-order valence-electron chi connectivity index (χ4n) is 2.15. The van der Waals surface area contributed by atoms with Crippen molar-refractivity contribution in [3.8, 4) is 6.07 Å². The predicted octanol–water partition coefficient (Wildman–Crippen LogP) is 2.08. The number of nitriles is 1. The fraction of sp³-hybridized carbons (Fsp3) is 0.462. The summed E-state index contributed by atoms with van der Waals surface area (Å²) in [4.78, 5) is 3.39. The maximum atomic E-state index is 9.33. The molecular formula is C13H17N3S. The van der Waals surface area contributed by atoms with Crippen molar-refractivity contribution in [3.05, 3.63) is 23.8 Å². The Balaban J connectivity index is 2.33. The van der Waals surface area contributed by atoms with Crippen molar-refractivity contribution >= 4 is 17.4 Å². The number of hydrogen-bond donors (Lipinski definition) is 1. The van der Waals surface area contributed by atoms with Crippen molar-refractivity contribution in [3.63, 3.8) is 0 Å². The Hall–Kier alpha value is -1.18. The molecule has 2 rings (SSSR count). The molecule has 1 aliphatic rings. The van der Waals surface area contributed by atoms with Crippen LogP contribution in [0, 0.1) is 11.3 Å². The first kappa shape index (κ1) is 12.3. The molecule has 0 aliphatic carbocycles. The zero-order valence-corrected chi connectivity index (χ0v) is 10.9. The van der Waals surface area contributed by atoms with E-state index in [1.54, 1.807) is 11.8 Å². The van der Waals surface area contributed by atoms with E-state index in [4.69, 9.17) is 0 Å². The first-order valence-corrected chi connectivity index (χ1v) is 7.12. The number of anilines is 1. The molecule has 1 aliphatic heterocycles. The summed E-state index contributed by atoms with van der Waals surface area (Å²) < 4.78 is 0. The maximum absolute atomic E-state index is 9.33. The van der Waals surface area contributed by atoms with E-state index in [2.05, 4.69) is 22.4 Å². The van der Waals surface area contributed by atoms with Crippen LogP contribution >= 0.6 is 11.8 Å². The quantitative estimate of drug-likeness (QED) is 0.812. The van der Waals surface area contributed by atoms with Crippen molar-refractivity contribution < 1.29 is 0 Å². The molecule has 0 aromatic heterocycles. The first-order valence-electron chi connectivity index (χ1n) is 5.89. The molecule has 0 amide bonds. The van der Waals surface area contributed by atoms with Crippen molar-refractivity contribution in [1.82, 2.24) is 5.32 Å². The van der Waals surface area contributed by atoms with Gasteiger partial charge in [-0.05, 0) is 31.4 Å². The van der Waals surface area contributed by atoms with E-state index in [9.17, 15) is 5.26 Å². The van der Waals surface area contributed by atoms with Crippen LogP contribution in [0.1, 0.15) is 12.0 Å². The van der Waals surface area contributed by atoms with Gasteiger partial charge in [0.05, 0.1) is 11.3 Å². The predicted molar refractivity (Wildman–Crippen MR) is 72.6 cm³/mol. The maximum Gasteiger partial charge on any atom is 0.103 e. The Labute approximate surface area is 107 Å². The van der Waals surface area contributed by atoms with E-state index in [1.165, 1.54) is 0 Å². The van der Waals surface area contributed by atoms with Gasteiger partial charge in [-0.1, -0.05) is 6.07 Å². The molecule has 90 valence electrons. The van der Waals surface area contributed by atoms with Crippen LogP contribution in [0.3, 0.4) is 0 Å². The molecule has 1 aromatic carbocycles. The van der Waals surface area contributed by atoms with Gasteiger partial charge in [0, 0.05) is 24.5 Å². The lowest BCUT2D eigenvalue weighted by atomic mass is 10.1. The Morgan fingerprint density at radius 3 is 3.00 bits per heavy atom. The normalized spacial score (nSPS) is 16.4. The topological polar surface area (TPSA) is 39.1 Å². The third-order valence-corrected chi connectivity index (χ3v) is 3.80. The SMILES string of the molecule is CSc1cccc(N2CCCNCC2)c1C#N. The van der Waals surface area contributed by atoms with Crippen molar-refractivity contribution in [2.75, 3.05) is 37.3 Å². The summed E-state index contributed by atoms with van der Waals surface area (Å²) in [6.45, 7) is 4.07.